The number of fused-ring (bicyclic) bond motifs is 3. The van der Waals surface area contributed by atoms with Gasteiger partial charge < -0.3 is 28.8 Å². The van der Waals surface area contributed by atoms with E-state index in [1.807, 2.05) is 0 Å². The van der Waals surface area contributed by atoms with Crippen molar-refractivity contribution in [3.8, 4) is 0 Å². The molecule has 0 amide bonds. The van der Waals surface area contributed by atoms with Crippen molar-refractivity contribution in [1.82, 2.24) is 0 Å². The van der Waals surface area contributed by atoms with Gasteiger partial charge in [-0.2, -0.15) is 0 Å². The van der Waals surface area contributed by atoms with E-state index in [0.29, 0.717) is 6.61 Å². The highest BCUT2D eigenvalue weighted by Gasteiger charge is 2.66. The molecule has 0 radical (unpaired) electrons. The third kappa shape index (κ3) is 3.09. The third-order valence-corrected chi connectivity index (χ3v) is 7.01. The van der Waals surface area contributed by atoms with E-state index in [1.165, 1.54) is 12.8 Å². The molecule has 6 atom stereocenters. The van der Waals surface area contributed by atoms with Gasteiger partial charge in [0, 0.05) is 25.7 Å². The highest BCUT2D eigenvalue weighted by molar-refractivity contribution is 5.10. The number of hydrogen-bond donors (Lipinski definition) is 1. The monoisotopic (exact) mass is 380 g/mol. The van der Waals surface area contributed by atoms with Gasteiger partial charge in [0.2, 0.25) is 0 Å². The molecule has 2 heterocycles. The van der Waals surface area contributed by atoms with Crippen molar-refractivity contribution in [2.24, 2.45) is 0 Å². The summed E-state index contributed by atoms with van der Waals surface area (Å²) in [7, 11) is 0. The summed E-state index contributed by atoms with van der Waals surface area (Å²) in [4.78, 5) is 0. The highest BCUT2D eigenvalue weighted by Crippen LogP contribution is 2.51. The standard InChI is InChI=1S/C21H32O6/c1-2-13-23-15-14(22)16-18(26-20(24-16)9-5-3-6-10-20)19-17(15)25-21(27-19)11-7-4-8-12-21/h2,14-19,22H,1,3-13H2/t14-,15-,16-,17+,18-,19-/m0/s1. The van der Waals surface area contributed by atoms with Crippen molar-refractivity contribution in [3.63, 3.8) is 0 Å². The number of aliphatic hydroxyl groups is 1. The Bertz CT molecular complexity index is 553. The van der Waals surface area contributed by atoms with Gasteiger partial charge in [-0.15, -0.1) is 6.58 Å². The largest absolute Gasteiger partial charge is 0.387 e. The van der Waals surface area contributed by atoms with E-state index in [1.54, 1.807) is 6.08 Å². The maximum absolute atomic E-state index is 11.1. The van der Waals surface area contributed by atoms with Crippen molar-refractivity contribution in [3.05, 3.63) is 12.7 Å². The van der Waals surface area contributed by atoms with Gasteiger partial charge in [-0.05, 0) is 25.7 Å². The molecule has 3 saturated carbocycles. The van der Waals surface area contributed by atoms with Gasteiger partial charge in [0.05, 0.1) is 6.61 Å². The zero-order valence-corrected chi connectivity index (χ0v) is 16.0. The second kappa shape index (κ2) is 7.08. The molecule has 0 aromatic carbocycles. The maximum atomic E-state index is 11.1. The molecule has 5 aliphatic rings. The van der Waals surface area contributed by atoms with Crippen LogP contribution in [0.4, 0.5) is 0 Å². The SMILES string of the molecule is C=CCO[C@H]1[C@H](O)[C@@H]2OC3(CCCCC3)O[C@@H]2[C@H]2OC3(CCCCC3)O[C@@H]21. The summed E-state index contributed by atoms with van der Waals surface area (Å²) >= 11 is 0. The van der Waals surface area contributed by atoms with Crippen LogP contribution < -0.4 is 0 Å². The molecule has 27 heavy (non-hydrogen) atoms. The zero-order chi connectivity index (χ0) is 18.5. The fourth-order valence-electron chi connectivity index (χ4n) is 5.75. The molecule has 2 aliphatic heterocycles. The van der Waals surface area contributed by atoms with E-state index >= 15 is 0 Å². The van der Waals surface area contributed by atoms with Crippen LogP contribution in [0, 0.1) is 0 Å². The second-order valence-corrected chi connectivity index (χ2v) is 8.85. The van der Waals surface area contributed by atoms with E-state index in [9.17, 15) is 5.11 Å². The van der Waals surface area contributed by atoms with Gasteiger partial charge in [0.15, 0.2) is 11.6 Å². The summed E-state index contributed by atoms with van der Waals surface area (Å²) in [5, 5.41) is 11.1. The number of ether oxygens (including phenoxy) is 5. The Kier molecular flexibility index (Phi) is 4.86. The van der Waals surface area contributed by atoms with Crippen LogP contribution in [0.1, 0.15) is 64.2 Å². The molecule has 5 fully saturated rings. The average molecular weight is 380 g/mol. The van der Waals surface area contributed by atoms with Gasteiger partial charge in [0.25, 0.3) is 0 Å². The Morgan fingerprint density at radius 3 is 1.81 bits per heavy atom. The van der Waals surface area contributed by atoms with E-state index in [0.717, 1.165) is 51.4 Å². The van der Waals surface area contributed by atoms with Crippen molar-refractivity contribution >= 4 is 0 Å². The fourth-order valence-corrected chi connectivity index (χ4v) is 5.75. The summed E-state index contributed by atoms with van der Waals surface area (Å²) in [6, 6.07) is 0. The molecule has 2 spiro atoms. The molecule has 0 unspecified atom stereocenters. The molecule has 2 saturated heterocycles. The normalized spacial score (nSPS) is 44.9. The first-order chi connectivity index (χ1) is 13.2. The lowest BCUT2D eigenvalue weighted by atomic mass is 9.85. The highest BCUT2D eigenvalue weighted by atomic mass is 16.8. The minimum absolute atomic E-state index is 0.257. The van der Waals surface area contributed by atoms with Crippen LogP contribution in [-0.2, 0) is 23.7 Å². The van der Waals surface area contributed by atoms with Crippen LogP contribution in [0.5, 0.6) is 0 Å². The Hall–Kier alpha value is -0.500. The van der Waals surface area contributed by atoms with Crippen molar-refractivity contribution < 1.29 is 28.8 Å². The Morgan fingerprint density at radius 1 is 0.778 bits per heavy atom. The lowest BCUT2D eigenvalue weighted by Crippen LogP contribution is -2.62. The molecule has 5 rings (SSSR count). The molecule has 6 nitrogen and oxygen atoms in total. The van der Waals surface area contributed by atoms with E-state index in [-0.39, 0.29) is 18.3 Å². The van der Waals surface area contributed by atoms with Crippen molar-refractivity contribution in [1.29, 1.82) is 0 Å². The number of aliphatic hydroxyl groups excluding tert-OH is 1. The predicted molar refractivity (Wildman–Crippen MR) is 97.1 cm³/mol. The Morgan fingerprint density at radius 2 is 1.26 bits per heavy atom. The summed E-state index contributed by atoms with van der Waals surface area (Å²) < 4.78 is 31.9. The van der Waals surface area contributed by atoms with Gasteiger partial charge in [-0.25, -0.2) is 0 Å². The molecule has 0 aromatic rings. The maximum Gasteiger partial charge on any atom is 0.169 e. The Balaban J connectivity index is 1.43. The molecular weight excluding hydrogens is 348 g/mol. The molecule has 0 aromatic heterocycles. The van der Waals surface area contributed by atoms with Crippen LogP contribution >= 0.6 is 0 Å². The van der Waals surface area contributed by atoms with Crippen LogP contribution in [0.3, 0.4) is 0 Å². The van der Waals surface area contributed by atoms with Crippen molar-refractivity contribution in [2.45, 2.75) is 112 Å². The quantitative estimate of drug-likeness (QED) is 0.760. The minimum Gasteiger partial charge on any atom is -0.387 e. The van der Waals surface area contributed by atoms with Gasteiger partial charge in [-0.1, -0.05) is 18.9 Å². The molecule has 152 valence electrons. The first-order valence-electron chi connectivity index (χ1n) is 10.8. The van der Waals surface area contributed by atoms with E-state index in [2.05, 4.69) is 6.58 Å². The zero-order valence-electron chi connectivity index (χ0n) is 16.0. The summed E-state index contributed by atoms with van der Waals surface area (Å²) in [5.74, 6) is -1.12. The van der Waals surface area contributed by atoms with E-state index in [4.69, 9.17) is 23.7 Å². The van der Waals surface area contributed by atoms with Crippen LogP contribution in [-0.4, -0.2) is 59.9 Å². The third-order valence-electron chi connectivity index (χ3n) is 7.01. The van der Waals surface area contributed by atoms with Crippen LogP contribution in [0.2, 0.25) is 0 Å². The first-order valence-corrected chi connectivity index (χ1v) is 10.8. The van der Waals surface area contributed by atoms with Gasteiger partial charge >= 0.3 is 0 Å². The molecule has 6 heteroatoms. The van der Waals surface area contributed by atoms with Gasteiger partial charge in [0.1, 0.15) is 36.6 Å². The number of rotatable bonds is 3. The Labute approximate surface area is 161 Å². The number of hydrogen-bond acceptors (Lipinski definition) is 6. The summed E-state index contributed by atoms with van der Waals surface area (Å²) in [5.41, 5.74) is 0. The molecule has 0 bridgehead atoms. The molecule has 3 aliphatic carbocycles. The smallest absolute Gasteiger partial charge is 0.169 e. The first kappa shape index (κ1) is 18.5. The van der Waals surface area contributed by atoms with E-state index < -0.39 is 29.9 Å². The van der Waals surface area contributed by atoms with Crippen molar-refractivity contribution in [2.75, 3.05) is 6.61 Å². The average Bonchev–Trinajstić information content (AvgIpc) is 3.22. The minimum atomic E-state index is -0.792. The lowest BCUT2D eigenvalue weighted by molar-refractivity contribution is -0.226. The molecule has 1 N–H and O–H groups in total. The topological polar surface area (TPSA) is 66.4 Å². The summed E-state index contributed by atoms with van der Waals surface area (Å²) in [6.45, 7) is 4.10. The van der Waals surface area contributed by atoms with Gasteiger partial charge in [-0.3, -0.25) is 0 Å². The predicted octanol–water partition coefficient (Wildman–Crippen LogP) is 2.82. The van der Waals surface area contributed by atoms with Crippen LogP contribution in [0.25, 0.3) is 0 Å². The second-order valence-electron chi connectivity index (χ2n) is 8.85. The molecular formula is C21H32O6. The van der Waals surface area contributed by atoms with Crippen LogP contribution in [0.15, 0.2) is 12.7 Å². The fraction of sp³-hybridized carbons (Fsp3) is 0.905. The summed E-state index contributed by atoms with van der Waals surface area (Å²) in [6.07, 6.45) is 9.51. The lowest BCUT2D eigenvalue weighted by Gasteiger charge is -2.40.